The molecule has 0 radical (unpaired) electrons. The minimum atomic E-state index is 0.564. The third-order valence-corrected chi connectivity index (χ3v) is 2.77. The van der Waals surface area contributed by atoms with Crippen molar-refractivity contribution in [3.63, 3.8) is 0 Å². The first kappa shape index (κ1) is 9.75. The van der Waals surface area contributed by atoms with Gasteiger partial charge in [0.05, 0.1) is 0 Å². The van der Waals surface area contributed by atoms with E-state index in [9.17, 15) is 0 Å². The van der Waals surface area contributed by atoms with Crippen molar-refractivity contribution in [1.82, 2.24) is 5.32 Å². The molecule has 0 aliphatic carbocycles. The lowest BCUT2D eigenvalue weighted by Gasteiger charge is -2.21. The maximum absolute atomic E-state index is 5.96. The van der Waals surface area contributed by atoms with Crippen LogP contribution in [0.1, 0.15) is 18.9 Å². The fourth-order valence-corrected chi connectivity index (χ4v) is 1.98. The Balaban J connectivity index is 2.26. The summed E-state index contributed by atoms with van der Waals surface area (Å²) < 4.78 is 0. The van der Waals surface area contributed by atoms with Gasteiger partial charge in [0.2, 0.25) is 0 Å². The molecular formula is C12H14ClN. The molecule has 1 atom stereocenters. The molecule has 1 aromatic carbocycles. The zero-order valence-electron chi connectivity index (χ0n) is 8.26. The van der Waals surface area contributed by atoms with E-state index in [0.717, 1.165) is 18.0 Å². The first-order valence-corrected chi connectivity index (χ1v) is 5.32. The molecular weight excluding hydrogens is 194 g/mol. The number of nitrogens with one attached hydrogen (secondary N) is 1. The zero-order chi connectivity index (χ0) is 9.97. The van der Waals surface area contributed by atoms with Crippen LogP contribution in [-0.4, -0.2) is 12.6 Å². The molecule has 1 unspecified atom stereocenters. The van der Waals surface area contributed by atoms with Gasteiger partial charge in [0.1, 0.15) is 0 Å². The molecule has 1 nitrogen and oxygen atoms in total. The number of rotatable bonds is 1. The van der Waals surface area contributed by atoms with Crippen molar-refractivity contribution < 1.29 is 0 Å². The predicted molar refractivity (Wildman–Crippen MR) is 61.5 cm³/mol. The van der Waals surface area contributed by atoms with Crippen molar-refractivity contribution in [3.8, 4) is 0 Å². The van der Waals surface area contributed by atoms with E-state index >= 15 is 0 Å². The highest BCUT2D eigenvalue weighted by molar-refractivity contribution is 6.30. The smallest absolute Gasteiger partial charge is 0.0412 e. The van der Waals surface area contributed by atoms with Crippen LogP contribution in [0, 0.1) is 0 Å². The molecule has 74 valence electrons. The fourth-order valence-electron chi connectivity index (χ4n) is 1.79. The van der Waals surface area contributed by atoms with E-state index < -0.39 is 0 Å². The van der Waals surface area contributed by atoms with Crippen LogP contribution in [0.25, 0.3) is 5.57 Å². The van der Waals surface area contributed by atoms with Crippen LogP contribution in [0.3, 0.4) is 0 Å². The molecule has 1 N–H and O–H groups in total. The average Bonchev–Trinajstić information content (AvgIpc) is 2.18. The molecule has 0 spiro atoms. The summed E-state index contributed by atoms with van der Waals surface area (Å²) in [6.45, 7) is 3.17. The van der Waals surface area contributed by atoms with E-state index in [1.54, 1.807) is 0 Å². The molecule has 1 aromatic rings. The highest BCUT2D eigenvalue weighted by Crippen LogP contribution is 2.24. The van der Waals surface area contributed by atoms with E-state index in [1.807, 2.05) is 18.2 Å². The summed E-state index contributed by atoms with van der Waals surface area (Å²) >= 11 is 5.96. The molecule has 0 aromatic heterocycles. The molecule has 0 bridgehead atoms. The molecule has 1 heterocycles. The topological polar surface area (TPSA) is 12.0 Å². The van der Waals surface area contributed by atoms with Crippen LogP contribution < -0.4 is 5.32 Å². The van der Waals surface area contributed by atoms with Crippen LogP contribution in [0.15, 0.2) is 30.3 Å². The molecule has 0 saturated carbocycles. The van der Waals surface area contributed by atoms with Crippen molar-refractivity contribution >= 4 is 17.2 Å². The van der Waals surface area contributed by atoms with Crippen molar-refractivity contribution in [2.24, 2.45) is 0 Å². The SMILES string of the molecule is CC1CC(c2cccc(Cl)c2)=CCN1. The summed E-state index contributed by atoms with van der Waals surface area (Å²) in [5.41, 5.74) is 2.66. The Labute approximate surface area is 89.8 Å². The van der Waals surface area contributed by atoms with Gasteiger partial charge in [-0.05, 0) is 36.6 Å². The zero-order valence-corrected chi connectivity index (χ0v) is 9.01. The van der Waals surface area contributed by atoms with Gasteiger partial charge in [-0.2, -0.15) is 0 Å². The lowest BCUT2D eigenvalue weighted by molar-refractivity contribution is 0.579. The van der Waals surface area contributed by atoms with Gasteiger partial charge in [-0.3, -0.25) is 0 Å². The fraction of sp³-hybridized carbons (Fsp3) is 0.333. The highest BCUT2D eigenvalue weighted by atomic mass is 35.5. The van der Waals surface area contributed by atoms with Crippen LogP contribution in [-0.2, 0) is 0 Å². The summed E-state index contributed by atoms with van der Waals surface area (Å²) in [6.07, 6.45) is 3.33. The van der Waals surface area contributed by atoms with Gasteiger partial charge in [-0.25, -0.2) is 0 Å². The standard InChI is InChI=1S/C12H14ClN/c1-9-7-11(5-6-14-9)10-3-2-4-12(13)8-10/h2-5,8-9,14H,6-7H2,1H3. The minimum Gasteiger partial charge on any atom is -0.310 e. The second-order valence-corrected chi connectivity index (χ2v) is 4.19. The van der Waals surface area contributed by atoms with E-state index in [-0.39, 0.29) is 0 Å². The molecule has 2 rings (SSSR count). The molecule has 0 amide bonds. The van der Waals surface area contributed by atoms with Gasteiger partial charge in [0.15, 0.2) is 0 Å². The van der Waals surface area contributed by atoms with Crippen LogP contribution in [0.5, 0.6) is 0 Å². The maximum atomic E-state index is 5.96. The second-order valence-electron chi connectivity index (χ2n) is 3.75. The third kappa shape index (κ3) is 2.17. The number of hydrogen-bond donors (Lipinski definition) is 1. The summed E-state index contributed by atoms with van der Waals surface area (Å²) in [5.74, 6) is 0. The lowest BCUT2D eigenvalue weighted by Crippen LogP contribution is -2.29. The molecule has 1 aliphatic heterocycles. The van der Waals surface area contributed by atoms with Gasteiger partial charge in [-0.15, -0.1) is 0 Å². The molecule has 0 fully saturated rings. The molecule has 14 heavy (non-hydrogen) atoms. The normalized spacial score (nSPS) is 21.9. The third-order valence-electron chi connectivity index (χ3n) is 2.54. The van der Waals surface area contributed by atoms with Gasteiger partial charge >= 0.3 is 0 Å². The predicted octanol–water partition coefficient (Wildman–Crippen LogP) is 3.11. The lowest BCUT2D eigenvalue weighted by atomic mass is 9.96. The summed E-state index contributed by atoms with van der Waals surface area (Å²) in [6, 6.07) is 8.64. The Morgan fingerprint density at radius 2 is 2.29 bits per heavy atom. The van der Waals surface area contributed by atoms with Gasteiger partial charge in [0, 0.05) is 17.6 Å². The highest BCUT2D eigenvalue weighted by Gasteiger charge is 2.11. The van der Waals surface area contributed by atoms with E-state index in [4.69, 9.17) is 11.6 Å². The molecule has 2 heteroatoms. The Hall–Kier alpha value is -0.790. The Morgan fingerprint density at radius 3 is 3.00 bits per heavy atom. The van der Waals surface area contributed by atoms with Crippen LogP contribution in [0.4, 0.5) is 0 Å². The van der Waals surface area contributed by atoms with Crippen molar-refractivity contribution in [2.75, 3.05) is 6.54 Å². The van der Waals surface area contributed by atoms with E-state index in [2.05, 4.69) is 24.4 Å². The average molecular weight is 208 g/mol. The molecule has 0 saturated heterocycles. The van der Waals surface area contributed by atoms with Gasteiger partial charge < -0.3 is 5.32 Å². The monoisotopic (exact) mass is 207 g/mol. The summed E-state index contributed by atoms with van der Waals surface area (Å²) in [4.78, 5) is 0. The number of halogens is 1. The largest absolute Gasteiger partial charge is 0.310 e. The van der Waals surface area contributed by atoms with E-state index in [0.29, 0.717) is 6.04 Å². The van der Waals surface area contributed by atoms with Crippen LogP contribution >= 0.6 is 11.6 Å². The minimum absolute atomic E-state index is 0.564. The van der Waals surface area contributed by atoms with E-state index in [1.165, 1.54) is 11.1 Å². The second kappa shape index (κ2) is 4.16. The molecule has 1 aliphatic rings. The Bertz CT molecular complexity index is 357. The Kier molecular flexibility index (Phi) is 2.90. The quantitative estimate of drug-likeness (QED) is 0.746. The van der Waals surface area contributed by atoms with Crippen molar-refractivity contribution in [3.05, 3.63) is 40.9 Å². The number of benzene rings is 1. The van der Waals surface area contributed by atoms with Gasteiger partial charge in [0.25, 0.3) is 0 Å². The van der Waals surface area contributed by atoms with Gasteiger partial charge in [-0.1, -0.05) is 29.8 Å². The Morgan fingerprint density at radius 1 is 1.43 bits per heavy atom. The first-order chi connectivity index (χ1) is 6.75. The summed E-state index contributed by atoms with van der Waals surface area (Å²) in [5, 5.41) is 4.20. The number of hydrogen-bond acceptors (Lipinski definition) is 1. The van der Waals surface area contributed by atoms with Crippen molar-refractivity contribution in [2.45, 2.75) is 19.4 Å². The van der Waals surface area contributed by atoms with Crippen LogP contribution in [0.2, 0.25) is 5.02 Å². The van der Waals surface area contributed by atoms with Crippen molar-refractivity contribution in [1.29, 1.82) is 0 Å². The summed E-state index contributed by atoms with van der Waals surface area (Å²) in [7, 11) is 0. The first-order valence-electron chi connectivity index (χ1n) is 4.94. The maximum Gasteiger partial charge on any atom is 0.0412 e.